The molecule has 1 saturated heterocycles. The van der Waals surface area contributed by atoms with Crippen molar-refractivity contribution in [2.45, 2.75) is 39.8 Å². The minimum absolute atomic E-state index is 0.276. The summed E-state index contributed by atoms with van der Waals surface area (Å²) in [5, 5.41) is 2.89. The van der Waals surface area contributed by atoms with Crippen LogP contribution in [0.15, 0.2) is 28.7 Å². The monoisotopic (exact) mass is 465 g/mol. The second-order valence-electron chi connectivity index (χ2n) is 7.93. The fraction of sp³-hybridized carbons (Fsp3) is 0.409. The van der Waals surface area contributed by atoms with Crippen LogP contribution in [0.5, 0.6) is 0 Å². The Kier molecular flexibility index (Phi) is 6.29. The van der Waals surface area contributed by atoms with E-state index in [0.29, 0.717) is 28.1 Å². The Bertz CT molecular complexity index is 915. The van der Waals surface area contributed by atoms with Crippen LogP contribution in [-0.4, -0.2) is 43.0 Å². The number of amides is 1. The van der Waals surface area contributed by atoms with Crippen LogP contribution in [0.4, 0.5) is 20.2 Å². The SMILES string of the molecule is Cc1cc(C(=O)Nc2cc(Br)c(F)cc2N2C[C@@H](C)N(C)[C@@H](C)C2)cc(C)c1F. The van der Waals surface area contributed by atoms with Gasteiger partial charge in [0.15, 0.2) is 0 Å². The van der Waals surface area contributed by atoms with Crippen LogP contribution < -0.4 is 10.2 Å². The molecule has 156 valence electrons. The smallest absolute Gasteiger partial charge is 0.255 e. The van der Waals surface area contributed by atoms with E-state index in [1.807, 2.05) is 0 Å². The summed E-state index contributed by atoms with van der Waals surface area (Å²) in [6, 6.07) is 6.66. The molecule has 1 fully saturated rings. The molecule has 1 heterocycles. The molecular formula is C22H26BrF2N3O. The third-order valence-electron chi connectivity index (χ3n) is 5.69. The number of benzene rings is 2. The van der Waals surface area contributed by atoms with Gasteiger partial charge < -0.3 is 10.2 Å². The molecule has 1 aliphatic heterocycles. The molecule has 0 aliphatic carbocycles. The van der Waals surface area contributed by atoms with Crippen LogP contribution in [0, 0.1) is 25.5 Å². The van der Waals surface area contributed by atoms with Gasteiger partial charge in [0.05, 0.1) is 15.8 Å². The minimum atomic E-state index is -0.384. The Morgan fingerprint density at radius 3 is 2.17 bits per heavy atom. The molecule has 0 spiro atoms. The van der Waals surface area contributed by atoms with Crippen molar-refractivity contribution >= 4 is 33.2 Å². The Morgan fingerprint density at radius 2 is 1.62 bits per heavy atom. The highest BCUT2D eigenvalue weighted by atomic mass is 79.9. The summed E-state index contributed by atoms with van der Waals surface area (Å²) in [5.74, 6) is -1.05. The Labute approximate surface area is 179 Å². The third kappa shape index (κ3) is 4.46. The van der Waals surface area contributed by atoms with Gasteiger partial charge in [-0.3, -0.25) is 9.69 Å². The predicted molar refractivity (Wildman–Crippen MR) is 117 cm³/mol. The average Bonchev–Trinajstić information content (AvgIpc) is 2.66. The van der Waals surface area contributed by atoms with E-state index in [4.69, 9.17) is 0 Å². The molecule has 29 heavy (non-hydrogen) atoms. The number of halogens is 3. The van der Waals surface area contributed by atoms with E-state index in [1.54, 1.807) is 19.9 Å². The van der Waals surface area contributed by atoms with Crippen molar-refractivity contribution in [2.24, 2.45) is 0 Å². The Balaban J connectivity index is 1.95. The lowest BCUT2D eigenvalue weighted by Gasteiger charge is -2.44. The number of carbonyl (C=O) groups excluding carboxylic acids is 1. The van der Waals surface area contributed by atoms with Crippen molar-refractivity contribution in [1.29, 1.82) is 0 Å². The van der Waals surface area contributed by atoms with Gasteiger partial charge >= 0.3 is 0 Å². The normalized spacial score (nSPS) is 20.1. The van der Waals surface area contributed by atoms with Crippen molar-refractivity contribution in [1.82, 2.24) is 4.90 Å². The molecule has 4 nitrogen and oxygen atoms in total. The lowest BCUT2D eigenvalue weighted by molar-refractivity contribution is 0.102. The molecule has 3 rings (SSSR count). The molecule has 0 radical (unpaired) electrons. The van der Waals surface area contributed by atoms with E-state index in [9.17, 15) is 13.6 Å². The van der Waals surface area contributed by atoms with Gasteiger partial charge in [-0.2, -0.15) is 0 Å². The first-order chi connectivity index (χ1) is 13.6. The molecule has 2 atom stereocenters. The maximum Gasteiger partial charge on any atom is 0.255 e. The first-order valence-corrected chi connectivity index (χ1v) is 10.4. The number of carbonyl (C=O) groups is 1. The van der Waals surface area contributed by atoms with E-state index in [0.717, 1.165) is 13.1 Å². The van der Waals surface area contributed by atoms with E-state index in [2.05, 4.69) is 51.9 Å². The number of hydrogen-bond donors (Lipinski definition) is 1. The maximum absolute atomic E-state index is 14.4. The highest BCUT2D eigenvalue weighted by molar-refractivity contribution is 9.10. The molecule has 2 aromatic rings. The van der Waals surface area contributed by atoms with Crippen LogP contribution in [0.25, 0.3) is 0 Å². The number of nitrogens with one attached hydrogen (secondary N) is 1. The average molecular weight is 466 g/mol. The standard InChI is InChI=1S/C22H26BrF2N3O/c1-12-6-16(7-13(2)21(12)25)22(29)26-19-8-17(23)18(24)9-20(19)28-10-14(3)27(5)15(4)11-28/h6-9,14-15H,10-11H2,1-5H3,(H,26,29)/t14-,15+. The third-order valence-corrected chi connectivity index (χ3v) is 6.29. The Morgan fingerprint density at radius 1 is 1.07 bits per heavy atom. The topological polar surface area (TPSA) is 35.6 Å². The van der Waals surface area contributed by atoms with Crippen LogP contribution in [0.2, 0.25) is 0 Å². The second kappa shape index (κ2) is 8.40. The lowest BCUT2D eigenvalue weighted by Crippen LogP contribution is -2.55. The summed E-state index contributed by atoms with van der Waals surface area (Å²) >= 11 is 3.21. The fourth-order valence-electron chi connectivity index (χ4n) is 3.77. The quantitative estimate of drug-likeness (QED) is 0.682. The Hall–Kier alpha value is -1.99. The molecule has 0 aromatic heterocycles. The van der Waals surface area contributed by atoms with Gasteiger partial charge in [0, 0.05) is 36.8 Å². The van der Waals surface area contributed by atoms with Crippen LogP contribution in [0.3, 0.4) is 0 Å². The van der Waals surface area contributed by atoms with E-state index >= 15 is 0 Å². The number of hydrogen-bond acceptors (Lipinski definition) is 3. The van der Waals surface area contributed by atoms with Gasteiger partial charge in [-0.1, -0.05) is 0 Å². The van der Waals surface area contributed by atoms with Gasteiger partial charge in [-0.25, -0.2) is 8.78 Å². The molecule has 1 aliphatic rings. The fourth-order valence-corrected chi connectivity index (χ4v) is 4.11. The summed E-state index contributed by atoms with van der Waals surface area (Å²) in [6.45, 7) is 8.96. The number of rotatable bonds is 3. The zero-order valence-electron chi connectivity index (χ0n) is 17.3. The van der Waals surface area contributed by atoms with Crippen LogP contribution in [-0.2, 0) is 0 Å². The van der Waals surface area contributed by atoms with Gasteiger partial charge in [-0.05, 0) is 80.0 Å². The number of piperazine rings is 1. The highest BCUT2D eigenvalue weighted by Gasteiger charge is 2.29. The van der Waals surface area contributed by atoms with E-state index < -0.39 is 0 Å². The number of nitrogens with zero attached hydrogens (tertiary/aromatic N) is 2. The summed E-state index contributed by atoms with van der Waals surface area (Å²) < 4.78 is 28.6. The largest absolute Gasteiger partial charge is 0.367 e. The van der Waals surface area contributed by atoms with Crippen molar-refractivity contribution in [2.75, 3.05) is 30.4 Å². The van der Waals surface area contributed by atoms with Gasteiger partial charge in [0.2, 0.25) is 0 Å². The molecule has 1 N–H and O–H groups in total. The maximum atomic E-state index is 14.4. The van der Waals surface area contributed by atoms with Crippen molar-refractivity contribution in [3.05, 3.63) is 57.1 Å². The highest BCUT2D eigenvalue weighted by Crippen LogP contribution is 2.34. The van der Waals surface area contributed by atoms with Crippen molar-refractivity contribution in [3.63, 3.8) is 0 Å². The van der Waals surface area contributed by atoms with Crippen molar-refractivity contribution in [3.8, 4) is 0 Å². The minimum Gasteiger partial charge on any atom is -0.367 e. The zero-order chi connectivity index (χ0) is 21.5. The zero-order valence-corrected chi connectivity index (χ0v) is 18.9. The molecular weight excluding hydrogens is 440 g/mol. The summed E-state index contributed by atoms with van der Waals surface area (Å²) in [7, 11) is 2.08. The number of likely N-dealkylation sites (N-methyl/N-ethyl adjacent to an activating group) is 1. The summed E-state index contributed by atoms with van der Waals surface area (Å²) in [5.41, 5.74) is 2.36. The van der Waals surface area contributed by atoms with Crippen molar-refractivity contribution < 1.29 is 13.6 Å². The first kappa shape index (κ1) is 21.7. The summed E-state index contributed by atoms with van der Waals surface area (Å²) in [6.07, 6.45) is 0. The molecule has 2 aromatic carbocycles. The number of aryl methyl sites for hydroxylation is 2. The molecule has 1 amide bonds. The van der Waals surface area contributed by atoms with Crippen LogP contribution in [0.1, 0.15) is 35.3 Å². The summed E-state index contributed by atoms with van der Waals surface area (Å²) in [4.78, 5) is 17.3. The first-order valence-electron chi connectivity index (χ1n) is 9.62. The van der Waals surface area contributed by atoms with Crippen LogP contribution >= 0.6 is 15.9 Å². The lowest BCUT2D eigenvalue weighted by atomic mass is 10.1. The van der Waals surface area contributed by atoms with Gasteiger partial charge in [-0.15, -0.1) is 0 Å². The predicted octanol–water partition coefficient (Wildman–Crippen LogP) is 5.13. The number of anilines is 2. The molecule has 7 heteroatoms. The van der Waals surface area contributed by atoms with E-state index in [-0.39, 0.29) is 34.1 Å². The van der Waals surface area contributed by atoms with Gasteiger partial charge in [0.25, 0.3) is 5.91 Å². The van der Waals surface area contributed by atoms with E-state index in [1.165, 1.54) is 18.2 Å². The van der Waals surface area contributed by atoms with Gasteiger partial charge in [0.1, 0.15) is 11.6 Å². The molecule has 0 unspecified atom stereocenters. The second-order valence-corrected chi connectivity index (χ2v) is 8.78. The molecule has 0 saturated carbocycles. The molecule has 0 bridgehead atoms.